The third-order valence-electron chi connectivity index (χ3n) is 5.34. The van der Waals surface area contributed by atoms with Crippen LogP contribution in [0, 0.1) is 13.8 Å². The van der Waals surface area contributed by atoms with E-state index in [1.807, 2.05) is 6.92 Å². The van der Waals surface area contributed by atoms with E-state index in [1.54, 1.807) is 24.3 Å². The minimum atomic E-state index is -0.275. The third kappa shape index (κ3) is 3.98. The highest BCUT2D eigenvalue weighted by atomic mass is 16.2. The molecule has 0 saturated heterocycles. The SMILES string of the molecule is CCC(NC(=O)CCCN1C(=O)c2ccccc2C1=O)c1ccc(C)c(C)c1. The Hall–Kier alpha value is -2.95. The molecule has 3 amide bonds. The van der Waals surface area contributed by atoms with Crippen molar-refractivity contribution in [2.45, 2.75) is 46.1 Å². The number of hydrogen-bond donors (Lipinski definition) is 1. The minimum absolute atomic E-state index is 0.0360. The van der Waals surface area contributed by atoms with Gasteiger partial charge < -0.3 is 5.32 Å². The summed E-state index contributed by atoms with van der Waals surface area (Å²) in [4.78, 5) is 38.3. The van der Waals surface area contributed by atoms with Gasteiger partial charge in [0.1, 0.15) is 0 Å². The zero-order valence-electron chi connectivity index (χ0n) is 16.6. The lowest BCUT2D eigenvalue weighted by Gasteiger charge is -2.19. The van der Waals surface area contributed by atoms with Gasteiger partial charge in [-0.25, -0.2) is 0 Å². The summed E-state index contributed by atoms with van der Waals surface area (Å²) in [6.45, 7) is 6.42. The lowest BCUT2D eigenvalue weighted by Crippen LogP contribution is -2.32. The number of hydrogen-bond acceptors (Lipinski definition) is 3. The van der Waals surface area contributed by atoms with Crippen molar-refractivity contribution in [3.05, 3.63) is 70.3 Å². The molecule has 0 spiro atoms. The van der Waals surface area contributed by atoms with Gasteiger partial charge in [0.25, 0.3) is 11.8 Å². The summed E-state index contributed by atoms with van der Waals surface area (Å²) in [5, 5.41) is 3.07. The fraction of sp³-hybridized carbons (Fsp3) is 0.348. The van der Waals surface area contributed by atoms with Crippen LogP contribution in [0.2, 0.25) is 0 Å². The predicted octanol–water partition coefficient (Wildman–Crippen LogP) is 3.95. The summed E-state index contributed by atoms with van der Waals surface area (Å²) in [5.74, 6) is -0.619. The molecule has 0 fully saturated rings. The van der Waals surface area contributed by atoms with Crippen LogP contribution in [0.3, 0.4) is 0 Å². The van der Waals surface area contributed by atoms with E-state index in [-0.39, 0.29) is 36.7 Å². The lowest BCUT2D eigenvalue weighted by molar-refractivity contribution is -0.122. The fourth-order valence-corrected chi connectivity index (χ4v) is 3.51. The molecule has 1 N–H and O–H groups in total. The molecule has 1 heterocycles. The second-order valence-electron chi connectivity index (χ2n) is 7.28. The summed E-state index contributed by atoms with van der Waals surface area (Å²) < 4.78 is 0. The second-order valence-corrected chi connectivity index (χ2v) is 7.28. The highest BCUT2D eigenvalue weighted by Crippen LogP contribution is 2.23. The fourth-order valence-electron chi connectivity index (χ4n) is 3.51. The highest BCUT2D eigenvalue weighted by Gasteiger charge is 2.34. The van der Waals surface area contributed by atoms with Gasteiger partial charge in [-0.1, -0.05) is 37.3 Å². The summed E-state index contributed by atoms with van der Waals surface area (Å²) >= 11 is 0. The van der Waals surface area contributed by atoms with E-state index in [0.29, 0.717) is 17.5 Å². The van der Waals surface area contributed by atoms with Crippen molar-refractivity contribution in [1.82, 2.24) is 10.2 Å². The van der Waals surface area contributed by atoms with Gasteiger partial charge in [0.15, 0.2) is 0 Å². The molecule has 0 aromatic heterocycles. The van der Waals surface area contributed by atoms with Crippen molar-refractivity contribution in [2.24, 2.45) is 0 Å². The van der Waals surface area contributed by atoms with Gasteiger partial charge >= 0.3 is 0 Å². The Balaban J connectivity index is 1.54. The van der Waals surface area contributed by atoms with Gasteiger partial charge in [-0.05, 0) is 55.5 Å². The molecular formula is C23H26N2O3. The van der Waals surface area contributed by atoms with Crippen LogP contribution >= 0.6 is 0 Å². The maximum Gasteiger partial charge on any atom is 0.261 e. The Labute approximate surface area is 165 Å². The normalized spacial score (nSPS) is 14.2. The van der Waals surface area contributed by atoms with Gasteiger partial charge in [0, 0.05) is 13.0 Å². The van der Waals surface area contributed by atoms with E-state index in [9.17, 15) is 14.4 Å². The first-order chi connectivity index (χ1) is 13.4. The molecule has 0 saturated carbocycles. The molecule has 0 aliphatic carbocycles. The Kier molecular flexibility index (Phi) is 5.93. The van der Waals surface area contributed by atoms with Crippen LogP contribution in [-0.4, -0.2) is 29.2 Å². The summed E-state index contributed by atoms with van der Waals surface area (Å²) in [7, 11) is 0. The highest BCUT2D eigenvalue weighted by molar-refractivity contribution is 6.21. The monoisotopic (exact) mass is 378 g/mol. The zero-order chi connectivity index (χ0) is 20.3. The quantitative estimate of drug-likeness (QED) is 0.742. The van der Waals surface area contributed by atoms with Crippen LogP contribution in [0.5, 0.6) is 0 Å². The van der Waals surface area contributed by atoms with Crippen LogP contribution in [-0.2, 0) is 4.79 Å². The molecule has 1 unspecified atom stereocenters. The summed E-state index contributed by atoms with van der Waals surface area (Å²) in [6, 6.07) is 13.0. The first-order valence-electron chi connectivity index (χ1n) is 9.74. The van der Waals surface area contributed by atoms with Gasteiger partial charge in [0.2, 0.25) is 5.91 Å². The molecule has 5 heteroatoms. The molecule has 2 aromatic carbocycles. The van der Waals surface area contributed by atoms with E-state index < -0.39 is 0 Å². The van der Waals surface area contributed by atoms with Crippen molar-refractivity contribution in [3.8, 4) is 0 Å². The number of rotatable bonds is 7. The number of benzene rings is 2. The van der Waals surface area contributed by atoms with Crippen molar-refractivity contribution in [1.29, 1.82) is 0 Å². The third-order valence-corrected chi connectivity index (χ3v) is 5.34. The van der Waals surface area contributed by atoms with Gasteiger partial charge in [-0.3, -0.25) is 19.3 Å². The Morgan fingerprint density at radius 1 is 1.00 bits per heavy atom. The number of fused-ring (bicyclic) bond motifs is 1. The molecule has 28 heavy (non-hydrogen) atoms. The van der Waals surface area contributed by atoms with E-state index in [2.05, 4.69) is 37.4 Å². The second kappa shape index (κ2) is 8.38. The first-order valence-corrected chi connectivity index (χ1v) is 9.74. The average molecular weight is 378 g/mol. The number of nitrogens with zero attached hydrogens (tertiary/aromatic N) is 1. The maximum absolute atomic E-state index is 12.4. The van der Waals surface area contributed by atoms with E-state index in [0.717, 1.165) is 12.0 Å². The van der Waals surface area contributed by atoms with E-state index in [1.165, 1.54) is 16.0 Å². The molecule has 2 aromatic rings. The molecular weight excluding hydrogens is 352 g/mol. The molecule has 0 bridgehead atoms. The Morgan fingerprint density at radius 2 is 1.64 bits per heavy atom. The number of carbonyl (C=O) groups is 3. The van der Waals surface area contributed by atoms with E-state index >= 15 is 0 Å². The topological polar surface area (TPSA) is 66.5 Å². The Morgan fingerprint density at radius 3 is 2.21 bits per heavy atom. The van der Waals surface area contributed by atoms with Crippen LogP contribution in [0.4, 0.5) is 0 Å². The standard InChI is InChI=1S/C23H26N2O3/c1-4-20(17-12-11-15(2)16(3)14-17)24-21(26)10-7-13-25-22(27)18-8-5-6-9-19(18)23(25)28/h5-6,8-9,11-12,14,20H,4,7,10,13H2,1-3H3,(H,24,26). The molecule has 1 atom stereocenters. The number of carbonyl (C=O) groups excluding carboxylic acids is 3. The smallest absolute Gasteiger partial charge is 0.261 e. The first kappa shape index (κ1) is 19.8. The van der Waals surface area contributed by atoms with Gasteiger partial charge in [0.05, 0.1) is 17.2 Å². The summed E-state index contributed by atoms with van der Waals surface area (Å²) in [5.41, 5.74) is 4.41. The predicted molar refractivity (Wildman–Crippen MR) is 108 cm³/mol. The summed E-state index contributed by atoms with van der Waals surface area (Å²) in [6.07, 6.45) is 1.52. The van der Waals surface area contributed by atoms with Crippen LogP contribution in [0.1, 0.15) is 69.6 Å². The van der Waals surface area contributed by atoms with Crippen LogP contribution < -0.4 is 5.32 Å². The molecule has 5 nitrogen and oxygen atoms in total. The average Bonchev–Trinajstić information content (AvgIpc) is 2.93. The van der Waals surface area contributed by atoms with Crippen molar-refractivity contribution < 1.29 is 14.4 Å². The molecule has 1 aliphatic heterocycles. The number of amides is 3. The van der Waals surface area contributed by atoms with Gasteiger partial charge in [-0.15, -0.1) is 0 Å². The lowest BCUT2D eigenvalue weighted by atomic mass is 9.99. The van der Waals surface area contributed by atoms with Gasteiger partial charge in [-0.2, -0.15) is 0 Å². The van der Waals surface area contributed by atoms with Crippen LogP contribution in [0.25, 0.3) is 0 Å². The molecule has 0 radical (unpaired) electrons. The minimum Gasteiger partial charge on any atom is -0.349 e. The molecule has 3 rings (SSSR count). The zero-order valence-corrected chi connectivity index (χ0v) is 16.6. The van der Waals surface area contributed by atoms with Crippen molar-refractivity contribution >= 4 is 17.7 Å². The largest absolute Gasteiger partial charge is 0.349 e. The number of nitrogens with one attached hydrogen (secondary N) is 1. The Bertz CT molecular complexity index is 885. The van der Waals surface area contributed by atoms with Crippen molar-refractivity contribution in [3.63, 3.8) is 0 Å². The molecule has 1 aliphatic rings. The maximum atomic E-state index is 12.4. The number of imide groups is 1. The molecule has 146 valence electrons. The van der Waals surface area contributed by atoms with Crippen LogP contribution in [0.15, 0.2) is 42.5 Å². The number of aryl methyl sites for hydroxylation is 2. The van der Waals surface area contributed by atoms with E-state index in [4.69, 9.17) is 0 Å². The van der Waals surface area contributed by atoms with Crippen molar-refractivity contribution in [2.75, 3.05) is 6.54 Å².